The third kappa shape index (κ3) is 5.48. The number of ether oxygens (including phenoxy) is 2. The standard InChI is InChI=1S/C23H28N4O6S/c1-13(2)20(24-21-16-8-6-7-9-19(16)34(30,31)27-21)23(29)26-25-22(28)15-10-11-17(33-14(3)4)18(12-15)32-5/h6-14,20H,1-5H3,(H,24,27)(H,25,28)(H,26,29)/t20-/m0/s1. The smallest absolute Gasteiger partial charge is 0.269 e. The first-order valence-corrected chi connectivity index (χ1v) is 12.2. The highest BCUT2D eigenvalue weighted by atomic mass is 32.2. The fourth-order valence-corrected chi connectivity index (χ4v) is 4.54. The van der Waals surface area contributed by atoms with E-state index in [4.69, 9.17) is 9.47 Å². The van der Waals surface area contributed by atoms with Crippen LogP contribution < -0.4 is 25.0 Å². The minimum absolute atomic E-state index is 0.0706. The molecule has 34 heavy (non-hydrogen) atoms. The Morgan fingerprint density at radius 2 is 1.71 bits per heavy atom. The van der Waals surface area contributed by atoms with Gasteiger partial charge in [-0.05, 0) is 50.1 Å². The van der Waals surface area contributed by atoms with Crippen LogP contribution in [0, 0.1) is 5.92 Å². The first-order chi connectivity index (χ1) is 16.0. The topological polar surface area (TPSA) is 135 Å². The van der Waals surface area contributed by atoms with Crippen LogP contribution in [0.4, 0.5) is 0 Å². The molecule has 3 N–H and O–H groups in total. The molecule has 3 rings (SSSR count). The van der Waals surface area contributed by atoms with Crippen LogP contribution in [0.15, 0.2) is 52.4 Å². The Labute approximate surface area is 198 Å². The molecule has 2 aromatic rings. The number of aliphatic imine (C=N–C) groups is 1. The van der Waals surface area contributed by atoms with Crippen molar-refractivity contribution in [1.82, 2.24) is 15.6 Å². The summed E-state index contributed by atoms with van der Waals surface area (Å²) in [5, 5.41) is 0. The fourth-order valence-electron chi connectivity index (χ4n) is 3.30. The van der Waals surface area contributed by atoms with Gasteiger partial charge in [-0.25, -0.2) is 8.42 Å². The zero-order chi connectivity index (χ0) is 25.0. The molecule has 0 unspecified atom stereocenters. The van der Waals surface area contributed by atoms with Crippen LogP contribution in [0.3, 0.4) is 0 Å². The first-order valence-electron chi connectivity index (χ1n) is 10.7. The fraction of sp³-hybridized carbons (Fsp3) is 0.348. The van der Waals surface area contributed by atoms with Crippen molar-refractivity contribution in [3.05, 3.63) is 53.6 Å². The zero-order valence-corrected chi connectivity index (χ0v) is 20.4. The molecule has 1 aliphatic rings. The van der Waals surface area contributed by atoms with E-state index in [-0.39, 0.29) is 28.3 Å². The molecule has 1 aliphatic heterocycles. The van der Waals surface area contributed by atoms with E-state index in [1.165, 1.54) is 19.2 Å². The number of amides is 2. The molecule has 2 aromatic carbocycles. The molecular weight excluding hydrogens is 460 g/mol. The van der Waals surface area contributed by atoms with Gasteiger partial charge in [-0.3, -0.25) is 30.2 Å². The summed E-state index contributed by atoms with van der Waals surface area (Å²) in [4.78, 5) is 29.9. The van der Waals surface area contributed by atoms with E-state index in [9.17, 15) is 18.0 Å². The minimum atomic E-state index is -3.74. The van der Waals surface area contributed by atoms with Gasteiger partial charge >= 0.3 is 0 Å². The van der Waals surface area contributed by atoms with Crippen molar-refractivity contribution < 1.29 is 27.5 Å². The quantitative estimate of drug-likeness (QED) is 0.510. The number of hydrogen-bond donors (Lipinski definition) is 3. The second kappa shape index (κ2) is 10.1. The third-order valence-corrected chi connectivity index (χ3v) is 6.32. The number of hydrazine groups is 1. The van der Waals surface area contributed by atoms with Crippen molar-refractivity contribution in [2.45, 2.75) is 44.7 Å². The van der Waals surface area contributed by atoms with Gasteiger partial charge in [0.1, 0.15) is 11.9 Å². The number of carbonyl (C=O) groups is 2. The second-order valence-electron chi connectivity index (χ2n) is 8.24. The van der Waals surface area contributed by atoms with Gasteiger partial charge in [0.15, 0.2) is 11.5 Å². The summed E-state index contributed by atoms with van der Waals surface area (Å²) in [7, 11) is -2.27. The summed E-state index contributed by atoms with van der Waals surface area (Å²) in [6.45, 7) is 7.28. The number of methoxy groups -OCH3 is 1. The monoisotopic (exact) mass is 488 g/mol. The molecule has 0 saturated carbocycles. The molecule has 1 heterocycles. The maximum absolute atomic E-state index is 12.8. The molecule has 0 saturated heterocycles. The van der Waals surface area contributed by atoms with Crippen LogP contribution in [0.5, 0.6) is 11.5 Å². The number of amidine groups is 1. The Bertz CT molecular complexity index is 1220. The first kappa shape index (κ1) is 25.0. The lowest BCUT2D eigenvalue weighted by molar-refractivity contribution is -0.123. The highest BCUT2D eigenvalue weighted by Crippen LogP contribution is 2.29. The highest BCUT2D eigenvalue weighted by molar-refractivity contribution is 7.90. The molecule has 2 amide bonds. The van der Waals surface area contributed by atoms with E-state index in [0.29, 0.717) is 17.1 Å². The zero-order valence-electron chi connectivity index (χ0n) is 19.6. The maximum atomic E-state index is 12.8. The van der Waals surface area contributed by atoms with Crippen LogP contribution in [0.2, 0.25) is 0 Å². The van der Waals surface area contributed by atoms with Crippen molar-refractivity contribution in [3.63, 3.8) is 0 Å². The molecule has 0 radical (unpaired) electrons. The van der Waals surface area contributed by atoms with E-state index in [2.05, 4.69) is 20.6 Å². The van der Waals surface area contributed by atoms with E-state index >= 15 is 0 Å². The highest BCUT2D eigenvalue weighted by Gasteiger charge is 2.32. The molecule has 0 fully saturated rings. The van der Waals surface area contributed by atoms with E-state index < -0.39 is 27.9 Å². The number of benzene rings is 2. The number of hydrogen-bond acceptors (Lipinski definition) is 7. The Kier molecular flexibility index (Phi) is 7.45. The minimum Gasteiger partial charge on any atom is -0.493 e. The number of carbonyl (C=O) groups excluding carboxylic acids is 2. The lowest BCUT2D eigenvalue weighted by atomic mass is 10.0. The van der Waals surface area contributed by atoms with Gasteiger partial charge in [-0.2, -0.15) is 0 Å². The molecule has 182 valence electrons. The Hall–Kier alpha value is -3.60. The largest absolute Gasteiger partial charge is 0.493 e. The van der Waals surface area contributed by atoms with Crippen molar-refractivity contribution in [2.75, 3.05) is 7.11 Å². The van der Waals surface area contributed by atoms with E-state index in [1.807, 2.05) is 13.8 Å². The van der Waals surface area contributed by atoms with Crippen LogP contribution in [-0.2, 0) is 14.8 Å². The molecule has 0 aliphatic carbocycles. The lowest BCUT2D eigenvalue weighted by Crippen LogP contribution is -2.47. The molecule has 11 heteroatoms. The summed E-state index contributed by atoms with van der Waals surface area (Å²) in [5.74, 6) is -0.481. The molecule has 0 spiro atoms. The van der Waals surface area contributed by atoms with Gasteiger partial charge in [-0.1, -0.05) is 26.0 Å². The number of nitrogens with zero attached hydrogens (tertiary/aromatic N) is 1. The SMILES string of the molecule is COc1cc(C(=O)NNC(=O)[C@@H](N=C2NS(=O)(=O)c3ccccc32)C(C)C)ccc1OC(C)C. The number of nitrogens with one attached hydrogen (secondary N) is 3. The molecule has 10 nitrogen and oxygen atoms in total. The molecule has 0 bridgehead atoms. The van der Waals surface area contributed by atoms with Crippen LogP contribution in [-0.4, -0.2) is 45.3 Å². The maximum Gasteiger partial charge on any atom is 0.269 e. The number of fused-ring (bicyclic) bond motifs is 1. The number of rotatable bonds is 7. The van der Waals surface area contributed by atoms with Gasteiger partial charge < -0.3 is 9.47 Å². The predicted octanol–water partition coefficient (Wildman–Crippen LogP) is 2.01. The Morgan fingerprint density at radius 1 is 1.00 bits per heavy atom. The average molecular weight is 489 g/mol. The van der Waals surface area contributed by atoms with Gasteiger partial charge in [0, 0.05) is 11.1 Å². The summed E-state index contributed by atoms with van der Waals surface area (Å²) in [6, 6.07) is 10.1. The van der Waals surface area contributed by atoms with E-state index in [0.717, 1.165) is 0 Å². The summed E-state index contributed by atoms with van der Waals surface area (Å²) in [6.07, 6.45) is -0.0706. The number of sulfonamides is 1. The van der Waals surface area contributed by atoms with Gasteiger partial charge in [0.05, 0.1) is 18.1 Å². The molecular formula is C23H28N4O6S. The van der Waals surface area contributed by atoms with Gasteiger partial charge in [0.2, 0.25) is 0 Å². The normalized spacial score (nSPS) is 16.0. The second-order valence-corrected chi connectivity index (χ2v) is 9.89. The summed E-state index contributed by atoms with van der Waals surface area (Å²) >= 11 is 0. The lowest BCUT2D eigenvalue weighted by Gasteiger charge is -2.18. The van der Waals surface area contributed by atoms with Gasteiger partial charge in [0.25, 0.3) is 21.8 Å². The van der Waals surface area contributed by atoms with Crippen molar-refractivity contribution in [1.29, 1.82) is 0 Å². The average Bonchev–Trinajstić information content (AvgIpc) is 3.05. The van der Waals surface area contributed by atoms with Crippen molar-refractivity contribution in [2.24, 2.45) is 10.9 Å². The molecule has 1 atom stereocenters. The van der Waals surface area contributed by atoms with Crippen LogP contribution >= 0.6 is 0 Å². The van der Waals surface area contributed by atoms with Crippen LogP contribution in [0.25, 0.3) is 0 Å². The van der Waals surface area contributed by atoms with Gasteiger partial charge in [-0.15, -0.1) is 0 Å². The predicted molar refractivity (Wildman–Crippen MR) is 126 cm³/mol. The van der Waals surface area contributed by atoms with E-state index in [1.54, 1.807) is 44.2 Å². The van der Waals surface area contributed by atoms with Crippen molar-refractivity contribution >= 4 is 27.7 Å². The molecule has 0 aromatic heterocycles. The third-order valence-electron chi connectivity index (χ3n) is 4.92. The summed E-state index contributed by atoms with van der Waals surface area (Å²) in [5.41, 5.74) is 5.37. The van der Waals surface area contributed by atoms with Crippen LogP contribution in [0.1, 0.15) is 43.6 Å². The Balaban J connectivity index is 1.74. The van der Waals surface area contributed by atoms with Crippen molar-refractivity contribution in [3.8, 4) is 11.5 Å². The Morgan fingerprint density at radius 3 is 2.35 bits per heavy atom. The summed E-state index contributed by atoms with van der Waals surface area (Å²) < 4.78 is 38.0.